The van der Waals surface area contributed by atoms with Gasteiger partial charge in [-0.25, -0.2) is 0 Å². The Kier molecular flexibility index (Phi) is 5.21. The van der Waals surface area contributed by atoms with Crippen LogP contribution >= 0.6 is 0 Å². The second-order valence-electron chi connectivity index (χ2n) is 5.54. The summed E-state index contributed by atoms with van der Waals surface area (Å²) in [6, 6.07) is 8.57. The van der Waals surface area contributed by atoms with Gasteiger partial charge in [-0.15, -0.1) is 0 Å². The first-order chi connectivity index (χ1) is 10.1. The number of furan rings is 1. The zero-order chi connectivity index (χ0) is 15.4. The Bertz CT molecular complexity index is 578. The summed E-state index contributed by atoms with van der Waals surface area (Å²) in [5.74, 6) is 1.80. The van der Waals surface area contributed by atoms with E-state index in [9.17, 15) is 0 Å². The maximum atomic E-state index is 5.95. The first-order valence-electron chi connectivity index (χ1n) is 7.45. The van der Waals surface area contributed by atoms with Crippen molar-refractivity contribution in [1.29, 1.82) is 0 Å². The summed E-state index contributed by atoms with van der Waals surface area (Å²) < 4.78 is 11.1. The van der Waals surface area contributed by atoms with Gasteiger partial charge >= 0.3 is 0 Å². The molecule has 0 amide bonds. The van der Waals surface area contributed by atoms with Gasteiger partial charge in [-0.05, 0) is 56.1 Å². The molecule has 0 saturated heterocycles. The van der Waals surface area contributed by atoms with Crippen LogP contribution in [-0.4, -0.2) is 13.7 Å². The van der Waals surface area contributed by atoms with Crippen molar-refractivity contribution in [2.75, 3.05) is 13.7 Å². The molecule has 2 aromatic rings. The average molecular weight is 287 g/mol. The highest BCUT2D eigenvalue weighted by atomic mass is 16.5. The molecule has 0 aliphatic heterocycles. The summed E-state index contributed by atoms with van der Waals surface area (Å²) in [5, 5.41) is 3.54. The molecule has 0 aliphatic rings. The van der Waals surface area contributed by atoms with Crippen LogP contribution in [0, 0.1) is 20.8 Å². The van der Waals surface area contributed by atoms with Crippen molar-refractivity contribution in [2.24, 2.45) is 0 Å². The molecule has 1 atom stereocenters. The van der Waals surface area contributed by atoms with Crippen molar-refractivity contribution in [1.82, 2.24) is 5.32 Å². The number of hydrogen-bond acceptors (Lipinski definition) is 3. The number of nitrogens with one attached hydrogen (secondary N) is 1. The van der Waals surface area contributed by atoms with Crippen LogP contribution in [0.4, 0.5) is 0 Å². The van der Waals surface area contributed by atoms with Gasteiger partial charge in [-0.1, -0.05) is 24.6 Å². The molecule has 1 N–H and O–H groups in total. The Hall–Kier alpha value is -1.58. The van der Waals surface area contributed by atoms with Gasteiger partial charge < -0.3 is 14.5 Å². The summed E-state index contributed by atoms with van der Waals surface area (Å²) in [5.41, 5.74) is 5.19. The molecular weight excluding hydrogens is 262 g/mol. The van der Waals surface area contributed by atoms with Crippen molar-refractivity contribution in [2.45, 2.75) is 40.3 Å². The molecule has 1 heterocycles. The maximum absolute atomic E-state index is 5.95. The summed E-state index contributed by atoms with van der Waals surface area (Å²) in [4.78, 5) is 0. The van der Waals surface area contributed by atoms with Crippen LogP contribution in [-0.2, 0) is 11.3 Å². The van der Waals surface area contributed by atoms with E-state index in [4.69, 9.17) is 9.15 Å². The smallest absolute Gasteiger partial charge is 0.129 e. The number of aryl methyl sites for hydroxylation is 3. The summed E-state index contributed by atoms with van der Waals surface area (Å²) in [6.45, 7) is 9.97. The van der Waals surface area contributed by atoms with Crippen LogP contribution in [0.15, 0.2) is 28.7 Å². The molecule has 114 valence electrons. The third-order valence-electron chi connectivity index (χ3n) is 3.69. The molecule has 0 bridgehead atoms. The molecular formula is C18H25NO2. The first-order valence-corrected chi connectivity index (χ1v) is 7.45. The monoisotopic (exact) mass is 287 g/mol. The molecule has 3 nitrogen and oxygen atoms in total. The lowest BCUT2D eigenvalue weighted by Crippen LogP contribution is -2.23. The molecule has 0 radical (unpaired) electrons. The van der Waals surface area contributed by atoms with Gasteiger partial charge in [0.25, 0.3) is 0 Å². The van der Waals surface area contributed by atoms with E-state index < -0.39 is 0 Å². The van der Waals surface area contributed by atoms with Crippen molar-refractivity contribution in [3.8, 4) is 0 Å². The fraction of sp³-hybridized carbons (Fsp3) is 0.444. The fourth-order valence-corrected chi connectivity index (χ4v) is 2.97. The molecule has 0 spiro atoms. The van der Waals surface area contributed by atoms with Crippen molar-refractivity contribution < 1.29 is 9.15 Å². The molecule has 0 saturated carbocycles. The summed E-state index contributed by atoms with van der Waals surface area (Å²) >= 11 is 0. The largest absolute Gasteiger partial charge is 0.462 e. The zero-order valence-corrected chi connectivity index (χ0v) is 13.6. The summed E-state index contributed by atoms with van der Waals surface area (Å²) in [6.07, 6.45) is 0. The van der Waals surface area contributed by atoms with Gasteiger partial charge in [0.1, 0.15) is 18.1 Å². The Balaban J connectivity index is 2.43. The molecule has 1 aromatic carbocycles. The van der Waals surface area contributed by atoms with E-state index in [0.29, 0.717) is 6.61 Å². The van der Waals surface area contributed by atoms with E-state index in [0.717, 1.165) is 18.1 Å². The number of methoxy groups -OCH3 is 1. The zero-order valence-electron chi connectivity index (χ0n) is 13.6. The fourth-order valence-electron chi connectivity index (χ4n) is 2.97. The highest BCUT2D eigenvalue weighted by molar-refractivity contribution is 5.42. The quantitative estimate of drug-likeness (QED) is 0.870. The minimum atomic E-state index is 0.0845. The van der Waals surface area contributed by atoms with Crippen molar-refractivity contribution in [3.05, 3.63) is 58.0 Å². The highest BCUT2D eigenvalue weighted by Gasteiger charge is 2.21. The van der Waals surface area contributed by atoms with Crippen LogP contribution in [0.1, 0.15) is 46.7 Å². The number of rotatable bonds is 6. The van der Waals surface area contributed by atoms with Crippen LogP contribution in [0.2, 0.25) is 0 Å². The van der Waals surface area contributed by atoms with E-state index in [2.05, 4.69) is 45.1 Å². The predicted octanol–water partition coefficient (Wildman–Crippen LogP) is 4.05. The molecule has 0 aliphatic carbocycles. The minimum Gasteiger partial charge on any atom is -0.462 e. The molecule has 0 fully saturated rings. The standard InChI is InChI=1S/C18H25NO2/c1-6-19-18(16-8-7-15(21-16)11-20-5)17-13(3)9-12(2)10-14(17)4/h7-10,18-19H,6,11H2,1-5H3. The van der Waals surface area contributed by atoms with Gasteiger partial charge in [0.15, 0.2) is 0 Å². The number of hydrogen-bond donors (Lipinski definition) is 1. The Morgan fingerprint density at radius 2 is 1.81 bits per heavy atom. The van der Waals surface area contributed by atoms with E-state index in [1.165, 1.54) is 22.3 Å². The van der Waals surface area contributed by atoms with Crippen LogP contribution < -0.4 is 5.32 Å². The lowest BCUT2D eigenvalue weighted by atomic mass is 9.92. The Morgan fingerprint density at radius 3 is 2.38 bits per heavy atom. The van der Waals surface area contributed by atoms with Crippen LogP contribution in [0.5, 0.6) is 0 Å². The lowest BCUT2D eigenvalue weighted by molar-refractivity contribution is 0.162. The molecule has 3 heteroatoms. The molecule has 1 aromatic heterocycles. The second kappa shape index (κ2) is 6.92. The number of ether oxygens (including phenoxy) is 1. The van der Waals surface area contributed by atoms with Gasteiger partial charge in [0, 0.05) is 7.11 Å². The van der Waals surface area contributed by atoms with Gasteiger partial charge in [0.05, 0.1) is 6.04 Å². The van der Waals surface area contributed by atoms with Gasteiger partial charge in [-0.2, -0.15) is 0 Å². The average Bonchev–Trinajstić information content (AvgIpc) is 2.85. The normalized spacial score (nSPS) is 12.6. The van der Waals surface area contributed by atoms with Crippen LogP contribution in [0.25, 0.3) is 0 Å². The first kappa shape index (κ1) is 15.8. The Morgan fingerprint density at radius 1 is 1.14 bits per heavy atom. The minimum absolute atomic E-state index is 0.0845. The second-order valence-corrected chi connectivity index (χ2v) is 5.54. The summed E-state index contributed by atoms with van der Waals surface area (Å²) in [7, 11) is 1.68. The third kappa shape index (κ3) is 3.55. The molecule has 21 heavy (non-hydrogen) atoms. The number of benzene rings is 1. The highest BCUT2D eigenvalue weighted by Crippen LogP contribution is 2.30. The van der Waals surface area contributed by atoms with E-state index >= 15 is 0 Å². The van der Waals surface area contributed by atoms with E-state index in [-0.39, 0.29) is 6.04 Å². The van der Waals surface area contributed by atoms with E-state index in [1.54, 1.807) is 7.11 Å². The molecule has 2 rings (SSSR count). The Labute approximate surface area is 127 Å². The van der Waals surface area contributed by atoms with E-state index in [1.807, 2.05) is 12.1 Å². The molecule has 1 unspecified atom stereocenters. The van der Waals surface area contributed by atoms with Crippen LogP contribution in [0.3, 0.4) is 0 Å². The van der Waals surface area contributed by atoms with Crippen molar-refractivity contribution >= 4 is 0 Å². The third-order valence-corrected chi connectivity index (χ3v) is 3.69. The SMILES string of the molecule is CCNC(c1ccc(COC)o1)c1c(C)cc(C)cc1C. The van der Waals surface area contributed by atoms with Gasteiger partial charge in [0.2, 0.25) is 0 Å². The topological polar surface area (TPSA) is 34.4 Å². The predicted molar refractivity (Wildman–Crippen MR) is 85.6 cm³/mol. The van der Waals surface area contributed by atoms with Crippen molar-refractivity contribution in [3.63, 3.8) is 0 Å². The van der Waals surface area contributed by atoms with Gasteiger partial charge in [-0.3, -0.25) is 0 Å². The lowest BCUT2D eigenvalue weighted by Gasteiger charge is -2.21. The maximum Gasteiger partial charge on any atom is 0.129 e.